The minimum Gasteiger partial charge on any atom is -0.481 e. The summed E-state index contributed by atoms with van der Waals surface area (Å²) >= 11 is 0. The van der Waals surface area contributed by atoms with Crippen LogP contribution in [0.25, 0.3) is 0 Å². The van der Waals surface area contributed by atoms with Gasteiger partial charge in [-0.2, -0.15) is 0 Å². The van der Waals surface area contributed by atoms with Gasteiger partial charge in [0.25, 0.3) is 0 Å². The third kappa shape index (κ3) is 2.94. The van der Waals surface area contributed by atoms with Crippen molar-refractivity contribution >= 4 is 11.9 Å². The summed E-state index contributed by atoms with van der Waals surface area (Å²) in [6.45, 7) is 2.96. The normalized spacial score (nSPS) is 30.5. The van der Waals surface area contributed by atoms with Crippen molar-refractivity contribution in [3.8, 4) is 0 Å². The van der Waals surface area contributed by atoms with E-state index in [1.165, 1.54) is 0 Å². The van der Waals surface area contributed by atoms with Crippen LogP contribution >= 0.6 is 0 Å². The molecule has 0 aliphatic heterocycles. The van der Waals surface area contributed by atoms with E-state index >= 15 is 0 Å². The second kappa shape index (κ2) is 4.77. The Balaban J connectivity index is 0.000000195. The van der Waals surface area contributed by atoms with Crippen LogP contribution < -0.4 is 0 Å². The molecule has 0 aromatic carbocycles. The summed E-state index contributed by atoms with van der Waals surface area (Å²) in [7, 11) is 0. The van der Waals surface area contributed by atoms with E-state index in [9.17, 15) is 9.59 Å². The highest BCUT2D eigenvalue weighted by Crippen LogP contribution is 2.43. The predicted molar refractivity (Wildman–Crippen MR) is 54.3 cm³/mol. The molecule has 0 radical (unpaired) electrons. The van der Waals surface area contributed by atoms with Gasteiger partial charge in [0.2, 0.25) is 0 Å². The van der Waals surface area contributed by atoms with E-state index in [2.05, 4.69) is 18.7 Å². The fraction of sp³-hybridized carbons (Fsp3) is 0.455. The molecule has 0 amide bonds. The minimum atomic E-state index is -0.981. The molecular formula is C11H14O4. The molecule has 0 heterocycles. The number of aliphatic carboxylic acids is 2. The second-order valence-electron chi connectivity index (χ2n) is 3.77. The maximum Gasteiger partial charge on any atom is 0.327 e. The average Bonchev–Trinajstić information content (AvgIpc) is 2.79. The highest BCUT2D eigenvalue weighted by molar-refractivity contribution is 5.78. The number of carbonyl (C=O) groups is 2. The van der Waals surface area contributed by atoms with Crippen molar-refractivity contribution in [2.24, 2.45) is 17.8 Å². The van der Waals surface area contributed by atoms with Crippen LogP contribution in [0.3, 0.4) is 0 Å². The van der Waals surface area contributed by atoms with Gasteiger partial charge in [-0.1, -0.05) is 18.7 Å². The van der Waals surface area contributed by atoms with Gasteiger partial charge < -0.3 is 10.2 Å². The van der Waals surface area contributed by atoms with Gasteiger partial charge in [-0.25, -0.2) is 4.79 Å². The molecule has 1 fully saturated rings. The molecular weight excluding hydrogens is 196 g/mol. The van der Waals surface area contributed by atoms with E-state index in [0.29, 0.717) is 11.8 Å². The molecule has 0 aromatic heterocycles. The maximum atomic E-state index is 10.6. The first-order chi connectivity index (χ1) is 7.04. The van der Waals surface area contributed by atoms with E-state index in [0.717, 1.165) is 18.9 Å². The van der Waals surface area contributed by atoms with Crippen molar-refractivity contribution in [2.75, 3.05) is 0 Å². The Kier molecular flexibility index (Phi) is 3.66. The lowest BCUT2D eigenvalue weighted by Crippen LogP contribution is -2.17. The molecule has 82 valence electrons. The number of fused-ring (bicyclic) bond motifs is 2. The van der Waals surface area contributed by atoms with Gasteiger partial charge in [-0.05, 0) is 24.7 Å². The van der Waals surface area contributed by atoms with Crippen molar-refractivity contribution in [1.29, 1.82) is 0 Å². The standard InChI is InChI=1S/C8H10O2.C3H4O2/c9-8(10)7-4-5-1-2-6(7)3-5;1-2-3(4)5/h1-2,5-7H,3-4H2,(H,9,10);2H,1H2,(H,4,5). The van der Waals surface area contributed by atoms with Gasteiger partial charge >= 0.3 is 11.9 Å². The van der Waals surface area contributed by atoms with Crippen molar-refractivity contribution in [2.45, 2.75) is 12.8 Å². The topological polar surface area (TPSA) is 74.6 Å². The van der Waals surface area contributed by atoms with Crippen LogP contribution in [-0.4, -0.2) is 22.2 Å². The molecule has 2 bridgehead atoms. The van der Waals surface area contributed by atoms with Crippen molar-refractivity contribution in [3.05, 3.63) is 24.8 Å². The molecule has 3 atom stereocenters. The number of rotatable bonds is 2. The Morgan fingerprint density at radius 1 is 1.27 bits per heavy atom. The SMILES string of the molecule is C=CC(=O)O.O=C(O)C1CC2C=CC1C2. The lowest BCUT2D eigenvalue weighted by Gasteiger charge is -2.11. The second-order valence-corrected chi connectivity index (χ2v) is 3.77. The van der Waals surface area contributed by atoms with E-state index in [1.54, 1.807) is 0 Å². The Morgan fingerprint density at radius 3 is 2.07 bits per heavy atom. The minimum absolute atomic E-state index is 0.0741. The van der Waals surface area contributed by atoms with Gasteiger partial charge in [0, 0.05) is 6.08 Å². The zero-order chi connectivity index (χ0) is 11.4. The summed E-state index contributed by atoms with van der Waals surface area (Å²) < 4.78 is 0. The summed E-state index contributed by atoms with van der Waals surface area (Å²) in [5.74, 6) is -0.745. The molecule has 0 aromatic rings. The molecule has 2 aliphatic rings. The van der Waals surface area contributed by atoms with Crippen molar-refractivity contribution < 1.29 is 19.8 Å². The van der Waals surface area contributed by atoms with Crippen molar-refractivity contribution in [3.63, 3.8) is 0 Å². The van der Waals surface area contributed by atoms with Gasteiger partial charge in [0.05, 0.1) is 5.92 Å². The summed E-state index contributed by atoms with van der Waals surface area (Å²) in [5.41, 5.74) is 0. The first-order valence-corrected chi connectivity index (χ1v) is 4.81. The zero-order valence-electron chi connectivity index (χ0n) is 8.30. The fourth-order valence-electron chi connectivity index (χ4n) is 2.06. The number of hydrogen-bond donors (Lipinski definition) is 2. The molecule has 1 saturated carbocycles. The molecule has 2 N–H and O–H groups in total. The lowest BCUT2D eigenvalue weighted by molar-refractivity contribution is -0.142. The molecule has 0 saturated heterocycles. The Morgan fingerprint density at radius 2 is 1.87 bits per heavy atom. The molecule has 0 spiro atoms. The van der Waals surface area contributed by atoms with Crippen LogP contribution in [0.4, 0.5) is 0 Å². The number of allylic oxidation sites excluding steroid dienone is 2. The lowest BCUT2D eigenvalue weighted by atomic mass is 9.94. The summed E-state index contributed by atoms with van der Waals surface area (Å²) in [6.07, 6.45) is 7.00. The number of hydrogen-bond acceptors (Lipinski definition) is 2. The number of carboxylic acids is 2. The van der Waals surface area contributed by atoms with Crippen LogP contribution in [0.5, 0.6) is 0 Å². The third-order valence-corrected chi connectivity index (χ3v) is 2.77. The van der Waals surface area contributed by atoms with Crippen LogP contribution in [0, 0.1) is 17.8 Å². The highest BCUT2D eigenvalue weighted by Gasteiger charge is 2.39. The van der Waals surface area contributed by atoms with Crippen LogP contribution in [0.15, 0.2) is 24.8 Å². The summed E-state index contributed by atoms with van der Waals surface area (Å²) in [4.78, 5) is 19.8. The smallest absolute Gasteiger partial charge is 0.327 e. The Hall–Kier alpha value is -1.58. The van der Waals surface area contributed by atoms with E-state index < -0.39 is 11.9 Å². The molecule has 2 rings (SSSR count). The van der Waals surface area contributed by atoms with Crippen molar-refractivity contribution in [1.82, 2.24) is 0 Å². The summed E-state index contributed by atoms with van der Waals surface area (Å²) in [6, 6.07) is 0. The van der Waals surface area contributed by atoms with Gasteiger partial charge in [-0.15, -0.1) is 0 Å². The quantitative estimate of drug-likeness (QED) is 0.535. The van der Waals surface area contributed by atoms with E-state index in [-0.39, 0.29) is 5.92 Å². The molecule has 4 heteroatoms. The first kappa shape index (κ1) is 11.5. The number of carboxylic acid groups (broad SMARTS) is 2. The van der Waals surface area contributed by atoms with Crippen LogP contribution in [0.2, 0.25) is 0 Å². The third-order valence-electron chi connectivity index (χ3n) is 2.77. The van der Waals surface area contributed by atoms with E-state index in [4.69, 9.17) is 10.2 Å². The monoisotopic (exact) mass is 210 g/mol. The van der Waals surface area contributed by atoms with Gasteiger partial charge in [-0.3, -0.25) is 4.79 Å². The zero-order valence-corrected chi connectivity index (χ0v) is 8.30. The molecule has 2 aliphatic carbocycles. The largest absolute Gasteiger partial charge is 0.481 e. The van der Waals surface area contributed by atoms with E-state index in [1.807, 2.05) is 0 Å². The Bertz CT molecular complexity index is 306. The first-order valence-electron chi connectivity index (χ1n) is 4.81. The molecule has 3 unspecified atom stereocenters. The van der Waals surface area contributed by atoms with Crippen LogP contribution in [0.1, 0.15) is 12.8 Å². The molecule has 4 nitrogen and oxygen atoms in total. The van der Waals surface area contributed by atoms with Crippen LogP contribution in [-0.2, 0) is 9.59 Å². The van der Waals surface area contributed by atoms with Gasteiger partial charge in [0.15, 0.2) is 0 Å². The van der Waals surface area contributed by atoms with Gasteiger partial charge in [0.1, 0.15) is 0 Å². The molecule has 15 heavy (non-hydrogen) atoms. The predicted octanol–water partition coefficient (Wildman–Crippen LogP) is 1.54. The Labute approximate surface area is 87.9 Å². The highest BCUT2D eigenvalue weighted by atomic mass is 16.4. The maximum absolute atomic E-state index is 10.6. The fourth-order valence-corrected chi connectivity index (χ4v) is 2.06. The summed E-state index contributed by atoms with van der Waals surface area (Å²) in [5, 5.41) is 16.3. The average molecular weight is 210 g/mol.